The van der Waals surface area contributed by atoms with Crippen LogP contribution in [0.3, 0.4) is 0 Å². The molecule has 0 spiro atoms. The van der Waals surface area contributed by atoms with Gasteiger partial charge in [0.2, 0.25) is 0 Å². The third-order valence-electron chi connectivity index (χ3n) is 6.69. The molecule has 8 nitrogen and oxygen atoms in total. The van der Waals surface area contributed by atoms with Gasteiger partial charge in [-0.25, -0.2) is 9.97 Å². The maximum atomic E-state index is 12.9. The van der Waals surface area contributed by atoms with E-state index in [1.165, 1.54) is 6.42 Å². The Morgan fingerprint density at radius 2 is 1.97 bits per heavy atom. The minimum absolute atomic E-state index is 0.0326. The lowest BCUT2D eigenvalue weighted by atomic mass is 9.92. The summed E-state index contributed by atoms with van der Waals surface area (Å²) in [6, 6.07) is 18.1. The van der Waals surface area contributed by atoms with Crippen molar-refractivity contribution in [2.45, 2.75) is 32.2 Å². The number of benzene rings is 2. The molecular formula is C28H29N7O. The normalized spacial score (nSPS) is 13.8. The minimum Gasteiger partial charge on any atom is -0.351 e. The number of amides is 1. The number of fused-ring (bicyclic) bond motifs is 1. The summed E-state index contributed by atoms with van der Waals surface area (Å²) < 4.78 is 0. The van der Waals surface area contributed by atoms with E-state index in [4.69, 9.17) is 4.98 Å². The van der Waals surface area contributed by atoms with Gasteiger partial charge in [0.1, 0.15) is 11.5 Å². The summed E-state index contributed by atoms with van der Waals surface area (Å²) in [6.07, 6.45) is 6.90. The maximum absolute atomic E-state index is 12.9. The predicted octanol–water partition coefficient (Wildman–Crippen LogP) is 5.56. The van der Waals surface area contributed by atoms with E-state index >= 15 is 0 Å². The van der Waals surface area contributed by atoms with Crippen LogP contribution in [0.2, 0.25) is 0 Å². The van der Waals surface area contributed by atoms with Gasteiger partial charge in [0.25, 0.3) is 5.91 Å². The molecule has 1 fully saturated rings. The molecule has 0 saturated heterocycles. The van der Waals surface area contributed by atoms with Crippen LogP contribution in [0.25, 0.3) is 27.9 Å². The highest BCUT2D eigenvalue weighted by Crippen LogP contribution is 2.27. The zero-order valence-electron chi connectivity index (χ0n) is 20.5. The molecule has 1 aliphatic rings. The Balaban J connectivity index is 1.33. The van der Waals surface area contributed by atoms with Gasteiger partial charge in [-0.1, -0.05) is 24.3 Å². The monoisotopic (exact) mass is 479 g/mol. The zero-order chi connectivity index (χ0) is 25.1. The molecule has 182 valence electrons. The van der Waals surface area contributed by atoms with E-state index in [2.05, 4.69) is 32.5 Å². The highest BCUT2D eigenvalue weighted by Gasteiger charge is 2.27. The summed E-state index contributed by atoms with van der Waals surface area (Å²) in [5.41, 5.74) is 8.18. The maximum Gasteiger partial charge on any atom is 0.270 e. The molecule has 36 heavy (non-hydrogen) atoms. The van der Waals surface area contributed by atoms with Crippen LogP contribution in [-0.2, 0) is 0 Å². The van der Waals surface area contributed by atoms with Crippen LogP contribution >= 0.6 is 0 Å². The van der Waals surface area contributed by atoms with E-state index in [0.29, 0.717) is 23.4 Å². The zero-order valence-corrected chi connectivity index (χ0v) is 20.5. The molecule has 2 aromatic heterocycles. The standard InChI is InChI=1S/C28H29N7O/c1-18(17-31-29-2)19-9-11-22(12-10-19)32-26-13-14-30-27(34-26)21-8-7-20-15-25(33-24(20)16-21)28(36)35(3)23-5-4-6-23/h7-17,23,31,33H,2,4-6H2,1,3H3,(H,30,32,34)/b18-17+. The number of allylic oxidation sites excluding steroid dienone is 1. The smallest absolute Gasteiger partial charge is 0.270 e. The Kier molecular flexibility index (Phi) is 6.49. The molecule has 1 aliphatic carbocycles. The third-order valence-corrected chi connectivity index (χ3v) is 6.69. The van der Waals surface area contributed by atoms with Gasteiger partial charge in [-0.2, -0.15) is 5.10 Å². The van der Waals surface area contributed by atoms with Crippen molar-refractivity contribution >= 4 is 40.6 Å². The molecule has 1 amide bonds. The van der Waals surface area contributed by atoms with Crippen molar-refractivity contribution in [1.29, 1.82) is 0 Å². The minimum atomic E-state index is 0.0326. The fourth-order valence-corrected chi connectivity index (χ4v) is 4.27. The Morgan fingerprint density at radius 3 is 2.69 bits per heavy atom. The molecule has 8 heteroatoms. The van der Waals surface area contributed by atoms with Gasteiger partial charge in [0.15, 0.2) is 5.82 Å². The van der Waals surface area contributed by atoms with Crippen molar-refractivity contribution in [1.82, 2.24) is 25.3 Å². The van der Waals surface area contributed by atoms with Gasteiger partial charge in [-0.3, -0.25) is 10.2 Å². The lowest BCUT2D eigenvalue weighted by molar-refractivity contribution is 0.0647. The van der Waals surface area contributed by atoms with Gasteiger partial charge >= 0.3 is 0 Å². The van der Waals surface area contributed by atoms with E-state index in [-0.39, 0.29) is 5.91 Å². The highest BCUT2D eigenvalue weighted by molar-refractivity contribution is 5.98. The Morgan fingerprint density at radius 1 is 1.17 bits per heavy atom. The van der Waals surface area contributed by atoms with Gasteiger partial charge in [0.05, 0.1) is 0 Å². The van der Waals surface area contributed by atoms with Crippen LogP contribution in [-0.4, -0.2) is 45.6 Å². The quantitative estimate of drug-likeness (QED) is 0.227. The first kappa shape index (κ1) is 23.3. The summed E-state index contributed by atoms with van der Waals surface area (Å²) >= 11 is 0. The fraction of sp³-hybridized carbons (Fsp3) is 0.214. The summed E-state index contributed by atoms with van der Waals surface area (Å²) in [4.78, 5) is 27.2. The van der Waals surface area contributed by atoms with Crippen molar-refractivity contribution in [2.75, 3.05) is 12.4 Å². The largest absolute Gasteiger partial charge is 0.351 e. The van der Waals surface area contributed by atoms with E-state index in [9.17, 15) is 4.79 Å². The van der Waals surface area contributed by atoms with Gasteiger partial charge in [0, 0.05) is 54.4 Å². The number of hydrogen-bond acceptors (Lipinski definition) is 6. The van der Waals surface area contributed by atoms with E-state index < -0.39 is 0 Å². The number of rotatable bonds is 8. The molecule has 4 aromatic rings. The number of H-pyrrole nitrogens is 1. The Hall–Kier alpha value is -4.46. The first-order chi connectivity index (χ1) is 17.5. The van der Waals surface area contributed by atoms with E-state index in [1.807, 2.05) is 73.5 Å². The molecule has 2 heterocycles. The van der Waals surface area contributed by atoms with Gasteiger partial charge < -0.3 is 15.2 Å². The summed E-state index contributed by atoms with van der Waals surface area (Å²) in [6.45, 7) is 5.41. The highest BCUT2D eigenvalue weighted by atomic mass is 16.2. The van der Waals surface area contributed by atoms with Crippen molar-refractivity contribution in [2.24, 2.45) is 5.10 Å². The topological polar surface area (TPSA) is 98.3 Å². The first-order valence-corrected chi connectivity index (χ1v) is 12.0. The number of carbonyl (C=O) groups is 1. The van der Waals surface area contributed by atoms with Crippen LogP contribution in [0.15, 0.2) is 72.1 Å². The number of hydrazone groups is 1. The number of nitrogens with zero attached hydrogens (tertiary/aromatic N) is 4. The van der Waals surface area contributed by atoms with Gasteiger partial charge in [-0.15, -0.1) is 0 Å². The number of aromatic amines is 1. The van der Waals surface area contributed by atoms with Crippen molar-refractivity contribution < 1.29 is 4.79 Å². The van der Waals surface area contributed by atoms with Crippen LogP contribution in [0.5, 0.6) is 0 Å². The van der Waals surface area contributed by atoms with Crippen molar-refractivity contribution in [3.05, 3.63) is 78.3 Å². The SMILES string of the molecule is C=NN/C=C(\C)c1ccc(Nc2ccnc(-c3ccc4cc(C(=O)N(C)C5CCC5)[nH]c4c3)n2)cc1. The number of aromatic nitrogens is 3. The number of carbonyl (C=O) groups excluding carboxylic acids is 1. The number of nitrogens with one attached hydrogen (secondary N) is 3. The van der Waals surface area contributed by atoms with Crippen LogP contribution in [0.1, 0.15) is 42.2 Å². The average Bonchev–Trinajstić information content (AvgIpc) is 3.30. The van der Waals surface area contributed by atoms with Crippen LogP contribution in [0.4, 0.5) is 11.5 Å². The molecule has 5 rings (SSSR count). The number of hydrogen-bond donors (Lipinski definition) is 3. The lowest BCUT2D eigenvalue weighted by Crippen LogP contribution is -2.41. The lowest BCUT2D eigenvalue weighted by Gasteiger charge is -2.34. The van der Waals surface area contributed by atoms with Gasteiger partial charge in [-0.05, 0) is 67.7 Å². The second-order valence-electron chi connectivity index (χ2n) is 9.07. The molecule has 0 atom stereocenters. The molecule has 0 radical (unpaired) electrons. The third kappa shape index (κ3) is 4.84. The van der Waals surface area contributed by atoms with Crippen LogP contribution < -0.4 is 10.7 Å². The summed E-state index contributed by atoms with van der Waals surface area (Å²) in [7, 11) is 1.89. The predicted molar refractivity (Wildman–Crippen MR) is 145 cm³/mol. The van der Waals surface area contributed by atoms with E-state index in [1.54, 1.807) is 12.4 Å². The first-order valence-electron chi connectivity index (χ1n) is 12.0. The second-order valence-corrected chi connectivity index (χ2v) is 9.07. The molecule has 0 aliphatic heterocycles. The Bertz CT molecular complexity index is 1430. The van der Waals surface area contributed by atoms with Crippen molar-refractivity contribution in [3.8, 4) is 11.4 Å². The average molecular weight is 480 g/mol. The van der Waals surface area contributed by atoms with E-state index in [0.717, 1.165) is 46.1 Å². The molecule has 0 bridgehead atoms. The summed E-state index contributed by atoms with van der Waals surface area (Å²) in [5, 5.41) is 7.96. The summed E-state index contributed by atoms with van der Waals surface area (Å²) in [5.74, 6) is 1.33. The second kappa shape index (κ2) is 10.0. The van der Waals surface area contributed by atoms with Crippen LogP contribution in [0, 0.1) is 0 Å². The molecule has 3 N–H and O–H groups in total. The fourth-order valence-electron chi connectivity index (χ4n) is 4.27. The Labute approximate surface area is 210 Å². The van der Waals surface area contributed by atoms with Crippen molar-refractivity contribution in [3.63, 3.8) is 0 Å². The number of anilines is 2. The molecular weight excluding hydrogens is 450 g/mol. The molecule has 0 unspecified atom stereocenters. The molecule has 2 aromatic carbocycles. The molecule has 1 saturated carbocycles.